The van der Waals surface area contributed by atoms with Crippen molar-refractivity contribution in [1.82, 2.24) is 0 Å². The first kappa shape index (κ1) is 11.5. The highest BCUT2D eigenvalue weighted by Crippen LogP contribution is 2.18. The van der Waals surface area contributed by atoms with Gasteiger partial charge >= 0.3 is 0 Å². The molecule has 4 nitrogen and oxygen atoms in total. The van der Waals surface area contributed by atoms with Gasteiger partial charge in [0.15, 0.2) is 0 Å². The van der Waals surface area contributed by atoms with E-state index in [9.17, 15) is 4.79 Å². The van der Waals surface area contributed by atoms with Gasteiger partial charge in [0.2, 0.25) is 5.91 Å². The maximum absolute atomic E-state index is 11.7. The summed E-state index contributed by atoms with van der Waals surface area (Å²) >= 11 is 0. The molecule has 0 atom stereocenters. The number of rotatable bonds is 3. The van der Waals surface area contributed by atoms with Crippen LogP contribution in [0.4, 0.5) is 5.69 Å². The number of carbonyl (C=O) groups excluding carboxylic acids is 1. The smallest absolute Gasteiger partial charge is 0.231 e. The van der Waals surface area contributed by atoms with Crippen LogP contribution in [0.5, 0.6) is 5.75 Å². The lowest BCUT2D eigenvalue weighted by molar-refractivity contribution is -0.123. The van der Waals surface area contributed by atoms with E-state index in [-0.39, 0.29) is 18.2 Å². The van der Waals surface area contributed by atoms with Crippen molar-refractivity contribution in [3.8, 4) is 5.75 Å². The largest absolute Gasteiger partial charge is 0.508 e. The van der Waals surface area contributed by atoms with E-state index >= 15 is 0 Å². The van der Waals surface area contributed by atoms with Crippen molar-refractivity contribution in [1.29, 1.82) is 0 Å². The Balaban J connectivity index is 2.71. The van der Waals surface area contributed by atoms with Gasteiger partial charge in [-0.2, -0.15) is 0 Å². The van der Waals surface area contributed by atoms with Gasteiger partial charge in [0.25, 0.3) is 0 Å². The van der Waals surface area contributed by atoms with E-state index in [1.807, 2.05) is 0 Å². The van der Waals surface area contributed by atoms with Crippen LogP contribution in [0.2, 0.25) is 0 Å². The minimum absolute atomic E-state index is 0.129. The molecular formula is C11H16N2O2. The minimum Gasteiger partial charge on any atom is -0.508 e. The number of aromatic hydroxyl groups is 1. The molecule has 1 rings (SSSR count). The van der Waals surface area contributed by atoms with Crippen molar-refractivity contribution >= 4 is 11.6 Å². The van der Waals surface area contributed by atoms with E-state index in [1.54, 1.807) is 26.0 Å². The van der Waals surface area contributed by atoms with Gasteiger partial charge in [0, 0.05) is 12.2 Å². The molecule has 82 valence electrons. The lowest BCUT2D eigenvalue weighted by Gasteiger charge is -2.21. The third-order valence-electron chi connectivity index (χ3n) is 2.25. The summed E-state index contributed by atoms with van der Waals surface area (Å²) in [5.74, 6) is 0.0433. The molecule has 15 heavy (non-hydrogen) atoms. The molecule has 0 saturated heterocycles. The minimum atomic E-state index is -0.585. The van der Waals surface area contributed by atoms with Gasteiger partial charge in [-0.1, -0.05) is 0 Å². The average Bonchev–Trinajstić information content (AvgIpc) is 2.21. The Morgan fingerprint density at radius 2 is 1.93 bits per heavy atom. The highest BCUT2D eigenvalue weighted by atomic mass is 16.3. The number of benzene rings is 1. The van der Waals surface area contributed by atoms with E-state index < -0.39 is 5.41 Å². The van der Waals surface area contributed by atoms with Crippen molar-refractivity contribution < 1.29 is 9.90 Å². The second-order valence-corrected chi connectivity index (χ2v) is 4.09. The summed E-state index contributed by atoms with van der Waals surface area (Å²) in [5.41, 5.74) is 5.55. The fourth-order valence-electron chi connectivity index (χ4n) is 0.938. The average molecular weight is 208 g/mol. The van der Waals surface area contributed by atoms with Crippen LogP contribution in [0.3, 0.4) is 0 Å². The summed E-state index contributed by atoms with van der Waals surface area (Å²) < 4.78 is 0. The van der Waals surface area contributed by atoms with Crippen molar-refractivity contribution in [2.75, 3.05) is 11.9 Å². The molecule has 0 aliphatic carbocycles. The van der Waals surface area contributed by atoms with E-state index in [0.29, 0.717) is 5.69 Å². The zero-order chi connectivity index (χ0) is 11.5. The molecule has 0 heterocycles. The lowest BCUT2D eigenvalue weighted by atomic mass is 9.92. The van der Waals surface area contributed by atoms with Gasteiger partial charge in [-0.3, -0.25) is 4.79 Å². The maximum atomic E-state index is 11.7. The molecule has 0 fully saturated rings. The number of anilines is 1. The lowest BCUT2D eigenvalue weighted by Crippen LogP contribution is -2.37. The SMILES string of the molecule is CC(C)(CN)C(=O)Nc1ccc(O)cc1. The van der Waals surface area contributed by atoms with Crippen molar-refractivity contribution in [2.24, 2.45) is 11.1 Å². The molecule has 1 aromatic carbocycles. The van der Waals surface area contributed by atoms with Gasteiger partial charge < -0.3 is 16.2 Å². The molecule has 4 N–H and O–H groups in total. The molecule has 0 radical (unpaired) electrons. The molecule has 0 bridgehead atoms. The van der Waals surface area contributed by atoms with Gasteiger partial charge in [-0.05, 0) is 38.1 Å². The summed E-state index contributed by atoms with van der Waals surface area (Å²) in [7, 11) is 0. The first-order valence-electron chi connectivity index (χ1n) is 4.76. The molecule has 0 aliphatic rings. The highest BCUT2D eigenvalue weighted by Gasteiger charge is 2.25. The van der Waals surface area contributed by atoms with E-state index in [2.05, 4.69) is 5.32 Å². The van der Waals surface area contributed by atoms with E-state index in [0.717, 1.165) is 0 Å². The molecule has 0 saturated carbocycles. The molecule has 4 heteroatoms. The van der Waals surface area contributed by atoms with Gasteiger partial charge in [-0.25, -0.2) is 0 Å². The van der Waals surface area contributed by atoms with Gasteiger partial charge in [0.05, 0.1) is 5.41 Å². The molecule has 0 unspecified atom stereocenters. The van der Waals surface area contributed by atoms with E-state index in [1.165, 1.54) is 12.1 Å². The maximum Gasteiger partial charge on any atom is 0.231 e. The predicted octanol–water partition coefficient (Wildman–Crippen LogP) is 1.32. The summed E-state index contributed by atoms with van der Waals surface area (Å²) in [4.78, 5) is 11.7. The number of hydrogen-bond acceptors (Lipinski definition) is 3. The second kappa shape index (κ2) is 4.31. The van der Waals surface area contributed by atoms with Crippen molar-refractivity contribution in [3.05, 3.63) is 24.3 Å². The van der Waals surface area contributed by atoms with Gasteiger partial charge in [0.1, 0.15) is 5.75 Å². The molecular weight excluding hydrogens is 192 g/mol. The third-order valence-corrected chi connectivity index (χ3v) is 2.25. The fourth-order valence-corrected chi connectivity index (χ4v) is 0.938. The fraction of sp³-hybridized carbons (Fsp3) is 0.364. The van der Waals surface area contributed by atoms with Crippen LogP contribution in [0, 0.1) is 5.41 Å². The third kappa shape index (κ3) is 2.95. The van der Waals surface area contributed by atoms with Crippen LogP contribution in [0.25, 0.3) is 0 Å². The van der Waals surface area contributed by atoms with Crippen LogP contribution in [0.1, 0.15) is 13.8 Å². The number of nitrogens with one attached hydrogen (secondary N) is 1. The van der Waals surface area contributed by atoms with Crippen LogP contribution in [-0.2, 0) is 4.79 Å². The van der Waals surface area contributed by atoms with Crippen LogP contribution in [0.15, 0.2) is 24.3 Å². The number of nitrogens with two attached hydrogens (primary N) is 1. The Hall–Kier alpha value is -1.55. The molecule has 1 aromatic rings. The number of carbonyl (C=O) groups is 1. The summed E-state index contributed by atoms with van der Waals surface area (Å²) in [6.45, 7) is 3.85. The number of phenolic OH excluding ortho intramolecular Hbond substituents is 1. The zero-order valence-corrected chi connectivity index (χ0v) is 8.95. The second-order valence-electron chi connectivity index (χ2n) is 4.09. The molecule has 0 aliphatic heterocycles. The quantitative estimate of drug-likeness (QED) is 0.656. The zero-order valence-electron chi connectivity index (χ0n) is 8.95. The number of phenols is 1. The monoisotopic (exact) mass is 208 g/mol. The first-order chi connectivity index (χ1) is 6.95. The van der Waals surface area contributed by atoms with Crippen LogP contribution in [-0.4, -0.2) is 17.6 Å². The topological polar surface area (TPSA) is 75.4 Å². The van der Waals surface area contributed by atoms with Crippen molar-refractivity contribution in [2.45, 2.75) is 13.8 Å². The Morgan fingerprint density at radius 3 is 2.40 bits per heavy atom. The van der Waals surface area contributed by atoms with Gasteiger partial charge in [-0.15, -0.1) is 0 Å². The number of hydrogen-bond donors (Lipinski definition) is 3. The summed E-state index contributed by atoms with van der Waals surface area (Å²) in [6, 6.07) is 6.32. The molecule has 0 aromatic heterocycles. The first-order valence-corrected chi connectivity index (χ1v) is 4.76. The Morgan fingerprint density at radius 1 is 1.40 bits per heavy atom. The Kier molecular flexibility index (Phi) is 3.31. The van der Waals surface area contributed by atoms with Crippen LogP contribution < -0.4 is 11.1 Å². The normalized spacial score (nSPS) is 11.1. The highest BCUT2D eigenvalue weighted by molar-refractivity contribution is 5.94. The summed E-state index contributed by atoms with van der Waals surface area (Å²) in [5, 5.41) is 11.8. The molecule has 1 amide bonds. The standard InChI is InChI=1S/C11H16N2O2/c1-11(2,7-12)10(15)13-8-3-5-9(14)6-4-8/h3-6,14H,7,12H2,1-2H3,(H,13,15). The molecule has 0 spiro atoms. The Labute approximate surface area is 89.1 Å². The predicted molar refractivity (Wildman–Crippen MR) is 59.6 cm³/mol. The van der Waals surface area contributed by atoms with Crippen LogP contribution >= 0.6 is 0 Å². The van der Waals surface area contributed by atoms with Crippen molar-refractivity contribution in [3.63, 3.8) is 0 Å². The van der Waals surface area contributed by atoms with E-state index in [4.69, 9.17) is 10.8 Å². The Bertz CT molecular complexity index is 344. The number of amides is 1. The summed E-state index contributed by atoms with van der Waals surface area (Å²) in [6.07, 6.45) is 0.